The fourth-order valence-electron chi connectivity index (χ4n) is 1.90. The minimum Gasteiger partial charge on any atom is -0.486 e. The molecule has 3 nitrogen and oxygen atoms in total. The first-order valence-electron chi connectivity index (χ1n) is 6.91. The van der Waals surface area contributed by atoms with Crippen LogP contribution in [-0.4, -0.2) is 11.0 Å². The lowest BCUT2D eigenvalue weighted by atomic mass is 10.1. The zero-order valence-corrected chi connectivity index (χ0v) is 13.4. The molecule has 0 amide bonds. The van der Waals surface area contributed by atoms with Gasteiger partial charge < -0.3 is 10.1 Å². The number of rotatable bonds is 6. The van der Waals surface area contributed by atoms with E-state index in [9.17, 15) is 0 Å². The molecule has 4 heteroatoms. The number of ether oxygens (including phenoxy) is 1. The van der Waals surface area contributed by atoms with Crippen LogP contribution in [0.3, 0.4) is 0 Å². The lowest BCUT2D eigenvalue weighted by Gasteiger charge is -2.08. The average molecular weight is 290 g/mol. The molecule has 0 radical (unpaired) electrons. The number of aryl methyl sites for hydroxylation is 2. The molecule has 0 spiro atoms. The molecule has 2 aromatic rings. The van der Waals surface area contributed by atoms with E-state index in [1.807, 2.05) is 12.3 Å². The third kappa shape index (κ3) is 4.32. The standard InChI is InChI=1S/C16H22N2OS/c1-11(2)17-8-14-9-18-16(20-14)10-19-15-6-5-12(3)7-13(15)4/h5-7,9,11,17H,8,10H2,1-4H3. The summed E-state index contributed by atoms with van der Waals surface area (Å²) in [6, 6.07) is 6.73. The first kappa shape index (κ1) is 15.0. The molecule has 1 aromatic carbocycles. The van der Waals surface area contributed by atoms with Crippen molar-refractivity contribution in [1.29, 1.82) is 0 Å². The first-order valence-corrected chi connectivity index (χ1v) is 7.73. The third-order valence-corrected chi connectivity index (χ3v) is 3.94. The van der Waals surface area contributed by atoms with Gasteiger partial charge in [-0.15, -0.1) is 11.3 Å². The van der Waals surface area contributed by atoms with E-state index >= 15 is 0 Å². The number of hydrogen-bond acceptors (Lipinski definition) is 4. The van der Waals surface area contributed by atoms with Gasteiger partial charge in [-0.1, -0.05) is 31.5 Å². The molecule has 0 aliphatic carbocycles. The van der Waals surface area contributed by atoms with E-state index in [-0.39, 0.29) is 0 Å². The molecule has 1 N–H and O–H groups in total. The maximum Gasteiger partial charge on any atom is 0.140 e. The van der Waals surface area contributed by atoms with Gasteiger partial charge >= 0.3 is 0 Å². The summed E-state index contributed by atoms with van der Waals surface area (Å²) in [5.41, 5.74) is 2.43. The van der Waals surface area contributed by atoms with Gasteiger partial charge in [-0.3, -0.25) is 0 Å². The Balaban J connectivity index is 1.90. The number of hydrogen-bond donors (Lipinski definition) is 1. The number of aromatic nitrogens is 1. The Kier molecular flexibility index (Phi) is 5.15. The Hall–Kier alpha value is -1.39. The minimum absolute atomic E-state index is 0.493. The van der Waals surface area contributed by atoms with Crippen molar-refractivity contribution in [2.45, 2.75) is 46.9 Å². The van der Waals surface area contributed by atoms with E-state index in [4.69, 9.17) is 4.74 Å². The van der Waals surface area contributed by atoms with Gasteiger partial charge in [-0.25, -0.2) is 4.98 Å². The molecule has 1 aromatic heterocycles. The highest BCUT2D eigenvalue weighted by atomic mass is 32.1. The smallest absolute Gasteiger partial charge is 0.140 e. The van der Waals surface area contributed by atoms with E-state index < -0.39 is 0 Å². The first-order chi connectivity index (χ1) is 9.54. The third-order valence-electron chi connectivity index (χ3n) is 2.97. The molecule has 0 fully saturated rings. The van der Waals surface area contributed by atoms with Crippen molar-refractivity contribution >= 4 is 11.3 Å². The van der Waals surface area contributed by atoms with Crippen LogP contribution in [0.15, 0.2) is 24.4 Å². The maximum atomic E-state index is 5.84. The second kappa shape index (κ2) is 6.86. The number of thiazole rings is 1. The van der Waals surface area contributed by atoms with Gasteiger partial charge in [-0.05, 0) is 25.5 Å². The second-order valence-electron chi connectivity index (χ2n) is 5.31. The van der Waals surface area contributed by atoms with Crippen LogP contribution >= 0.6 is 11.3 Å². The molecule has 0 aliphatic rings. The summed E-state index contributed by atoms with van der Waals surface area (Å²) < 4.78 is 5.84. The summed E-state index contributed by atoms with van der Waals surface area (Å²) in [7, 11) is 0. The van der Waals surface area contributed by atoms with E-state index in [2.05, 4.69) is 50.1 Å². The van der Waals surface area contributed by atoms with Crippen molar-refractivity contribution in [3.63, 3.8) is 0 Å². The van der Waals surface area contributed by atoms with Gasteiger partial charge in [0.05, 0.1) is 0 Å². The van der Waals surface area contributed by atoms with Crippen LogP contribution in [0.1, 0.15) is 34.9 Å². The van der Waals surface area contributed by atoms with Crippen molar-refractivity contribution in [3.05, 3.63) is 45.4 Å². The molecule has 20 heavy (non-hydrogen) atoms. The fourth-order valence-corrected chi connectivity index (χ4v) is 2.69. The van der Waals surface area contributed by atoms with Gasteiger partial charge in [-0.2, -0.15) is 0 Å². The van der Waals surface area contributed by atoms with Gasteiger partial charge in [0.1, 0.15) is 17.4 Å². The van der Waals surface area contributed by atoms with Gasteiger partial charge in [0.25, 0.3) is 0 Å². The van der Waals surface area contributed by atoms with Crippen LogP contribution in [0.5, 0.6) is 5.75 Å². The topological polar surface area (TPSA) is 34.1 Å². The van der Waals surface area contributed by atoms with Crippen molar-refractivity contribution < 1.29 is 4.74 Å². The van der Waals surface area contributed by atoms with Crippen LogP contribution in [0.4, 0.5) is 0 Å². The van der Waals surface area contributed by atoms with Crippen LogP contribution in [0.25, 0.3) is 0 Å². The Labute approximate surface area is 125 Å². The molecule has 0 saturated carbocycles. The van der Waals surface area contributed by atoms with Crippen LogP contribution < -0.4 is 10.1 Å². The van der Waals surface area contributed by atoms with Gasteiger partial charge in [0, 0.05) is 23.7 Å². The van der Waals surface area contributed by atoms with Gasteiger partial charge in [0.15, 0.2) is 0 Å². The summed E-state index contributed by atoms with van der Waals surface area (Å²) in [5.74, 6) is 0.938. The Morgan fingerprint density at radius 2 is 2.10 bits per heavy atom. The van der Waals surface area contributed by atoms with E-state index in [1.54, 1.807) is 11.3 Å². The molecule has 0 unspecified atom stereocenters. The highest BCUT2D eigenvalue weighted by molar-refractivity contribution is 7.11. The lowest BCUT2D eigenvalue weighted by Crippen LogP contribution is -2.21. The Bertz CT molecular complexity index is 563. The number of nitrogens with zero attached hydrogens (tertiary/aromatic N) is 1. The van der Waals surface area contributed by atoms with E-state index in [0.29, 0.717) is 12.6 Å². The van der Waals surface area contributed by atoms with E-state index in [1.165, 1.54) is 16.0 Å². The lowest BCUT2D eigenvalue weighted by molar-refractivity contribution is 0.303. The Morgan fingerprint density at radius 1 is 1.30 bits per heavy atom. The van der Waals surface area contributed by atoms with E-state index in [0.717, 1.165) is 17.3 Å². The predicted molar refractivity (Wildman–Crippen MR) is 84.3 cm³/mol. The van der Waals surface area contributed by atoms with Crippen LogP contribution in [0.2, 0.25) is 0 Å². The maximum absolute atomic E-state index is 5.84. The van der Waals surface area contributed by atoms with Crippen molar-refractivity contribution in [2.24, 2.45) is 0 Å². The van der Waals surface area contributed by atoms with Crippen LogP contribution in [0, 0.1) is 13.8 Å². The quantitative estimate of drug-likeness (QED) is 0.877. The zero-order chi connectivity index (χ0) is 14.5. The monoisotopic (exact) mass is 290 g/mol. The Morgan fingerprint density at radius 3 is 2.80 bits per heavy atom. The van der Waals surface area contributed by atoms with Crippen molar-refractivity contribution in [1.82, 2.24) is 10.3 Å². The molecule has 0 saturated heterocycles. The zero-order valence-electron chi connectivity index (χ0n) is 12.6. The summed E-state index contributed by atoms with van der Waals surface area (Å²) >= 11 is 1.70. The second-order valence-corrected chi connectivity index (χ2v) is 6.51. The normalized spacial score (nSPS) is 11.1. The molecule has 108 valence electrons. The highest BCUT2D eigenvalue weighted by Crippen LogP contribution is 2.21. The fraction of sp³-hybridized carbons (Fsp3) is 0.438. The summed E-state index contributed by atoms with van der Waals surface area (Å²) in [6.45, 7) is 9.86. The van der Waals surface area contributed by atoms with Crippen LogP contribution in [-0.2, 0) is 13.2 Å². The number of benzene rings is 1. The molecule has 0 atom stereocenters. The predicted octanol–water partition coefficient (Wildman–Crippen LogP) is 3.84. The molecule has 2 rings (SSSR count). The van der Waals surface area contributed by atoms with Crippen molar-refractivity contribution in [3.8, 4) is 5.75 Å². The molecular weight excluding hydrogens is 268 g/mol. The summed E-state index contributed by atoms with van der Waals surface area (Å²) in [5, 5.41) is 4.41. The number of nitrogens with one attached hydrogen (secondary N) is 1. The molecule has 0 bridgehead atoms. The molecule has 0 aliphatic heterocycles. The molecular formula is C16H22N2OS. The molecule has 1 heterocycles. The minimum atomic E-state index is 0.493. The summed E-state index contributed by atoms with van der Waals surface area (Å²) in [4.78, 5) is 5.66. The van der Waals surface area contributed by atoms with Crippen molar-refractivity contribution in [2.75, 3.05) is 0 Å². The summed E-state index contributed by atoms with van der Waals surface area (Å²) in [6.07, 6.45) is 1.93. The average Bonchev–Trinajstić information content (AvgIpc) is 2.83. The van der Waals surface area contributed by atoms with Gasteiger partial charge in [0.2, 0.25) is 0 Å². The largest absolute Gasteiger partial charge is 0.486 e. The SMILES string of the molecule is Cc1ccc(OCc2ncc(CNC(C)C)s2)c(C)c1. The highest BCUT2D eigenvalue weighted by Gasteiger charge is 2.05.